The summed E-state index contributed by atoms with van der Waals surface area (Å²) in [6.07, 6.45) is 0.441. The number of likely N-dealkylation sites (N-methyl/N-ethyl adjacent to an activating group) is 1. The summed E-state index contributed by atoms with van der Waals surface area (Å²) in [5.74, 6) is -1.53. The molecule has 0 aliphatic heterocycles. The van der Waals surface area contributed by atoms with E-state index in [0.717, 1.165) is 11.6 Å². The van der Waals surface area contributed by atoms with Crippen LogP contribution < -0.4 is 5.32 Å². The lowest BCUT2D eigenvalue weighted by Crippen LogP contribution is -2.19. The Morgan fingerprint density at radius 3 is 2.72 bits per heavy atom. The zero-order chi connectivity index (χ0) is 13.1. The van der Waals surface area contributed by atoms with Gasteiger partial charge in [-0.2, -0.15) is 0 Å². The molecular formula is C14H15F2NS. The van der Waals surface area contributed by atoms with Crippen molar-refractivity contribution in [3.8, 4) is 0 Å². The normalized spacial score (nSPS) is 12.7. The Morgan fingerprint density at radius 2 is 2.11 bits per heavy atom. The number of aryl methyl sites for hydroxylation is 1. The standard InChI is InChI=1S/C14H15F2NS/c1-9-6-11(8-18-9)13(17-2)7-10-4-3-5-12(15)14(10)16/h3-6,8,13,17H,7H2,1-2H3. The smallest absolute Gasteiger partial charge is 0.162 e. The molecule has 1 aromatic carbocycles. The zero-order valence-electron chi connectivity index (χ0n) is 10.3. The molecule has 0 saturated carbocycles. The lowest BCUT2D eigenvalue weighted by molar-refractivity contribution is 0.487. The van der Waals surface area contributed by atoms with Gasteiger partial charge in [-0.05, 0) is 49.0 Å². The fraction of sp³-hybridized carbons (Fsp3) is 0.286. The van der Waals surface area contributed by atoms with Gasteiger partial charge in [0.1, 0.15) is 0 Å². The van der Waals surface area contributed by atoms with Gasteiger partial charge in [0, 0.05) is 10.9 Å². The van der Waals surface area contributed by atoms with Crippen LogP contribution in [0.1, 0.15) is 22.0 Å². The molecule has 1 aromatic heterocycles. The largest absolute Gasteiger partial charge is 0.313 e. The average Bonchev–Trinajstić information content (AvgIpc) is 2.78. The lowest BCUT2D eigenvalue weighted by Gasteiger charge is -2.15. The van der Waals surface area contributed by atoms with Crippen LogP contribution in [0.4, 0.5) is 8.78 Å². The van der Waals surface area contributed by atoms with Crippen LogP contribution >= 0.6 is 11.3 Å². The fourth-order valence-electron chi connectivity index (χ4n) is 1.96. The quantitative estimate of drug-likeness (QED) is 0.887. The number of benzene rings is 1. The molecule has 1 atom stereocenters. The minimum absolute atomic E-state index is 0.00579. The summed E-state index contributed by atoms with van der Waals surface area (Å²) in [6, 6.07) is 6.39. The Bertz CT molecular complexity index is 536. The molecule has 1 N–H and O–H groups in total. The maximum atomic E-state index is 13.6. The summed E-state index contributed by atoms with van der Waals surface area (Å²) in [5, 5.41) is 5.19. The highest BCUT2D eigenvalue weighted by molar-refractivity contribution is 7.10. The van der Waals surface area contributed by atoms with E-state index in [0.29, 0.717) is 12.0 Å². The Hall–Kier alpha value is -1.26. The number of hydrogen-bond donors (Lipinski definition) is 1. The highest BCUT2D eigenvalue weighted by Crippen LogP contribution is 2.24. The van der Waals surface area contributed by atoms with Crippen LogP contribution in [0.3, 0.4) is 0 Å². The third-order valence-corrected chi connectivity index (χ3v) is 3.84. The number of nitrogens with one attached hydrogen (secondary N) is 1. The van der Waals surface area contributed by atoms with Crippen LogP contribution in [0, 0.1) is 18.6 Å². The van der Waals surface area contributed by atoms with Gasteiger partial charge in [0.25, 0.3) is 0 Å². The summed E-state index contributed by atoms with van der Waals surface area (Å²) in [7, 11) is 1.83. The van der Waals surface area contributed by atoms with Crippen molar-refractivity contribution in [1.82, 2.24) is 5.32 Å². The molecule has 2 aromatic rings. The Morgan fingerprint density at radius 1 is 1.33 bits per heavy atom. The van der Waals surface area contributed by atoms with Gasteiger partial charge in [-0.1, -0.05) is 12.1 Å². The van der Waals surface area contributed by atoms with Crippen molar-refractivity contribution in [2.75, 3.05) is 7.05 Å². The molecule has 0 aliphatic rings. The summed E-state index contributed by atoms with van der Waals surface area (Å²) in [5.41, 5.74) is 1.52. The van der Waals surface area contributed by atoms with Crippen LogP contribution in [-0.4, -0.2) is 7.05 Å². The van der Waals surface area contributed by atoms with Gasteiger partial charge in [-0.25, -0.2) is 8.78 Å². The minimum Gasteiger partial charge on any atom is -0.313 e. The molecule has 1 unspecified atom stereocenters. The van der Waals surface area contributed by atoms with Gasteiger partial charge in [-0.3, -0.25) is 0 Å². The molecule has 4 heteroatoms. The van der Waals surface area contributed by atoms with Crippen LogP contribution in [0.5, 0.6) is 0 Å². The van der Waals surface area contributed by atoms with Gasteiger partial charge in [-0.15, -0.1) is 11.3 Å². The van der Waals surface area contributed by atoms with E-state index in [9.17, 15) is 8.78 Å². The predicted octanol–water partition coefficient (Wildman–Crippen LogP) is 3.84. The van der Waals surface area contributed by atoms with Crippen molar-refractivity contribution < 1.29 is 8.78 Å². The number of rotatable bonds is 4. The molecule has 1 heterocycles. The van der Waals surface area contributed by atoms with Gasteiger partial charge >= 0.3 is 0 Å². The van der Waals surface area contributed by atoms with Crippen LogP contribution in [0.25, 0.3) is 0 Å². The lowest BCUT2D eigenvalue weighted by atomic mass is 10.0. The zero-order valence-corrected chi connectivity index (χ0v) is 11.2. The maximum Gasteiger partial charge on any atom is 0.162 e. The van der Waals surface area contributed by atoms with Crippen molar-refractivity contribution in [3.63, 3.8) is 0 Å². The third-order valence-electron chi connectivity index (χ3n) is 2.96. The summed E-state index contributed by atoms with van der Waals surface area (Å²) < 4.78 is 26.8. The van der Waals surface area contributed by atoms with Gasteiger partial charge in [0.2, 0.25) is 0 Å². The van der Waals surface area contributed by atoms with E-state index in [1.807, 2.05) is 19.4 Å². The summed E-state index contributed by atoms with van der Waals surface area (Å²) >= 11 is 1.66. The molecule has 0 bridgehead atoms. The van der Waals surface area contributed by atoms with E-state index in [2.05, 4.69) is 11.4 Å². The molecule has 0 spiro atoms. The number of halogens is 2. The first-order chi connectivity index (χ1) is 8.61. The fourth-order valence-corrected chi connectivity index (χ4v) is 2.72. The SMILES string of the molecule is CNC(Cc1cccc(F)c1F)c1csc(C)c1. The summed E-state index contributed by atoms with van der Waals surface area (Å²) in [4.78, 5) is 1.21. The number of thiophene rings is 1. The third kappa shape index (κ3) is 2.76. The number of hydrogen-bond acceptors (Lipinski definition) is 2. The minimum atomic E-state index is -0.788. The molecule has 0 aliphatic carbocycles. The molecule has 96 valence electrons. The Kier molecular flexibility index (Phi) is 4.09. The van der Waals surface area contributed by atoms with E-state index >= 15 is 0 Å². The van der Waals surface area contributed by atoms with Crippen LogP contribution in [-0.2, 0) is 6.42 Å². The second-order valence-electron chi connectivity index (χ2n) is 4.25. The molecule has 1 nitrogen and oxygen atoms in total. The molecule has 0 fully saturated rings. The Balaban J connectivity index is 2.23. The van der Waals surface area contributed by atoms with E-state index in [1.54, 1.807) is 23.5 Å². The van der Waals surface area contributed by atoms with Crippen molar-refractivity contribution in [2.45, 2.75) is 19.4 Å². The first-order valence-corrected chi connectivity index (χ1v) is 6.65. The van der Waals surface area contributed by atoms with E-state index in [4.69, 9.17) is 0 Å². The van der Waals surface area contributed by atoms with E-state index in [-0.39, 0.29) is 6.04 Å². The van der Waals surface area contributed by atoms with Crippen LogP contribution in [0.15, 0.2) is 29.6 Å². The molecule has 2 rings (SSSR count). The van der Waals surface area contributed by atoms with Crippen molar-refractivity contribution in [2.24, 2.45) is 0 Å². The molecule has 0 radical (unpaired) electrons. The molecule has 18 heavy (non-hydrogen) atoms. The second kappa shape index (κ2) is 5.59. The van der Waals surface area contributed by atoms with E-state index < -0.39 is 11.6 Å². The highest BCUT2D eigenvalue weighted by Gasteiger charge is 2.15. The monoisotopic (exact) mass is 267 g/mol. The van der Waals surface area contributed by atoms with Crippen LogP contribution in [0.2, 0.25) is 0 Å². The predicted molar refractivity (Wildman–Crippen MR) is 70.9 cm³/mol. The van der Waals surface area contributed by atoms with Gasteiger partial charge in [0.05, 0.1) is 0 Å². The van der Waals surface area contributed by atoms with Gasteiger partial charge in [0.15, 0.2) is 11.6 Å². The molecular weight excluding hydrogens is 252 g/mol. The second-order valence-corrected chi connectivity index (χ2v) is 5.36. The molecule has 0 amide bonds. The van der Waals surface area contributed by atoms with Crippen molar-refractivity contribution >= 4 is 11.3 Å². The highest BCUT2D eigenvalue weighted by atomic mass is 32.1. The Labute approximate surface area is 109 Å². The van der Waals surface area contributed by atoms with Crippen molar-refractivity contribution in [3.05, 3.63) is 57.3 Å². The maximum absolute atomic E-state index is 13.6. The average molecular weight is 267 g/mol. The van der Waals surface area contributed by atoms with E-state index in [1.165, 1.54) is 4.88 Å². The first kappa shape index (κ1) is 13.2. The van der Waals surface area contributed by atoms with Crippen molar-refractivity contribution in [1.29, 1.82) is 0 Å². The first-order valence-electron chi connectivity index (χ1n) is 5.77. The topological polar surface area (TPSA) is 12.0 Å². The molecule has 0 saturated heterocycles. The summed E-state index contributed by atoms with van der Waals surface area (Å²) in [6.45, 7) is 2.03. The van der Waals surface area contributed by atoms with Gasteiger partial charge < -0.3 is 5.32 Å².